The molecule has 20 heavy (non-hydrogen) atoms. The normalized spacial score (nSPS) is 28.9. The number of carboxylic acids is 1. The zero-order chi connectivity index (χ0) is 14.3. The number of hydrogen-bond donors (Lipinski definition) is 1. The molecule has 5 heteroatoms. The number of rotatable bonds is 3. The van der Waals surface area contributed by atoms with Gasteiger partial charge in [-0.15, -0.1) is 0 Å². The maximum absolute atomic E-state index is 11.7. The number of carbonyl (C=O) groups is 1. The Labute approximate surface area is 119 Å². The Balaban J connectivity index is 1.87. The molecule has 108 valence electrons. The van der Waals surface area contributed by atoms with Crippen LogP contribution in [0, 0.1) is 11.3 Å². The molecule has 1 saturated heterocycles. The molecule has 0 bridgehead atoms. The van der Waals surface area contributed by atoms with Crippen molar-refractivity contribution < 1.29 is 9.90 Å². The smallest absolute Gasteiger partial charge is 0.311 e. The maximum atomic E-state index is 11.7. The highest BCUT2D eigenvalue weighted by atomic mass is 16.4. The summed E-state index contributed by atoms with van der Waals surface area (Å²) in [6.45, 7) is 5.52. The third-order valence-corrected chi connectivity index (χ3v) is 4.80. The van der Waals surface area contributed by atoms with E-state index in [9.17, 15) is 9.90 Å². The van der Waals surface area contributed by atoms with Gasteiger partial charge >= 0.3 is 5.97 Å². The van der Waals surface area contributed by atoms with E-state index in [1.54, 1.807) is 6.20 Å². The number of anilines is 1. The molecule has 2 aliphatic rings. The van der Waals surface area contributed by atoms with Crippen molar-refractivity contribution in [1.29, 1.82) is 0 Å². The molecule has 2 fully saturated rings. The van der Waals surface area contributed by atoms with Crippen LogP contribution < -0.4 is 4.90 Å². The molecule has 5 nitrogen and oxygen atoms in total. The first-order chi connectivity index (χ1) is 9.53. The van der Waals surface area contributed by atoms with Gasteiger partial charge in [-0.2, -0.15) is 0 Å². The topological polar surface area (TPSA) is 66.3 Å². The van der Waals surface area contributed by atoms with Gasteiger partial charge in [0.2, 0.25) is 0 Å². The van der Waals surface area contributed by atoms with Gasteiger partial charge in [-0.25, -0.2) is 9.97 Å². The predicted octanol–water partition coefficient (Wildman–Crippen LogP) is 2.29. The molecule has 1 N–H and O–H groups in total. The summed E-state index contributed by atoms with van der Waals surface area (Å²) in [6.07, 6.45) is 4.63. The second-order valence-corrected chi connectivity index (χ2v) is 6.36. The fourth-order valence-corrected chi connectivity index (χ4v) is 3.63. The van der Waals surface area contributed by atoms with Gasteiger partial charge in [-0.1, -0.05) is 20.3 Å². The summed E-state index contributed by atoms with van der Waals surface area (Å²) in [7, 11) is 0. The van der Waals surface area contributed by atoms with E-state index in [2.05, 4.69) is 28.7 Å². The second-order valence-electron chi connectivity index (χ2n) is 6.36. The first kappa shape index (κ1) is 13.3. The fourth-order valence-electron chi connectivity index (χ4n) is 3.63. The van der Waals surface area contributed by atoms with E-state index in [4.69, 9.17) is 0 Å². The zero-order valence-corrected chi connectivity index (χ0v) is 12.0. The van der Waals surface area contributed by atoms with Crippen LogP contribution >= 0.6 is 0 Å². The first-order valence-corrected chi connectivity index (χ1v) is 7.34. The van der Waals surface area contributed by atoms with E-state index in [0.717, 1.165) is 37.4 Å². The molecule has 0 radical (unpaired) electrons. The largest absolute Gasteiger partial charge is 0.481 e. The number of hydrogen-bond acceptors (Lipinski definition) is 4. The summed E-state index contributed by atoms with van der Waals surface area (Å²) >= 11 is 0. The van der Waals surface area contributed by atoms with Gasteiger partial charge in [0, 0.05) is 25.2 Å². The van der Waals surface area contributed by atoms with Crippen LogP contribution in [-0.2, 0) is 4.79 Å². The third-order valence-electron chi connectivity index (χ3n) is 4.80. The summed E-state index contributed by atoms with van der Waals surface area (Å²) < 4.78 is 0. The molecule has 3 rings (SSSR count). The summed E-state index contributed by atoms with van der Waals surface area (Å²) in [4.78, 5) is 22.7. The molecule has 0 spiro atoms. The van der Waals surface area contributed by atoms with Crippen LogP contribution in [0.5, 0.6) is 0 Å². The SMILES string of the molecule is CC(C)c1nccc(N2C[C@@H]3CCC[C@@]3(C(=O)O)C2)n1. The second kappa shape index (κ2) is 4.72. The van der Waals surface area contributed by atoms with Crippen LogP contribution in [0.15, 0.2) is 12.3 Å². The van der Waals surface area contributed by atoms with Crippen molar-refractivity contribution in [2.45, 2.75) is 39.0 Å². The minimum atomic E-state index is -0.638. The van der Waals surface area contributed by atoms with E-state index < -0.39 is 11.4 Å². The van der Waals surface area contributed by atoms with Crippen LogP contribution in [0.1, 0.15) is 44.9 Å². The monoisotopic (exact) mass is 275 g/mol. The molecule has 0 unspecified atom stereocenters. The van der Waals surface area contributed by atoms with Crippen molar-refractivity contribution in [3.8, 4) is 0 Å². The van der Waals surface area contributed by atoms with Crippen LogP contribution in [0.3, 0.4) is 0 Å². The Kier molecular flexibility index (Phi) is 3.15. The number of aromatic nitrogens is 2. The summed E-state index contributed by atoms with van der Waals surface area (Å²) in [5.74, 6) is 1.60. The molecule has 1 aromatic heterocycles. The highest BCUT2D eigenvalue weighted by Gasteiger charge is 2.55. The number of aliphatic carboxylic acids is 1. The highest BCUT2D eigenvalue weighted by molar-refractivity contribution is 5.77. The lowest BCUT2D eigenvalue weighted by Gasteiger charge is -2.23. The maximum Gasteiger partial charge on any atom is 0.311 e. The molecular weight excluding hydrogens is 254 g/mol. The Morgan fingerprint density at radius 2 is 2.35 bits per heavy atom. The molecule has 0 amide bonds. The van der Waals surface area contributed by atoms with Gasteiger partial charge in [-0.05, 0) is 24.8 Å². The Hall–Kier alpha value is -1.65. The van der Waals surface area contributed by atoms with Gasteiger partial charge in [0.25, 0.3) is 0 Å². The van der Waals surface area contributed by atoms with E-state index in [0.29, 0.717) is 6.54 Å². The summed E-state index contributed by atoms with van der Waals surface area (Å²) in [5.41, 5.74) is -0.553. The van der Waals surface area contributed by atoms with Gasteiger partial charge in [0.05, 0.1) is 5.41 Å². The minimum absolute atomic E-state index is 0.262. The average Bonchev–Trinajstić information content (AvgIpc) is 2.96. The molecule has 1 aromatic rings. The van der Waals surface area contributed by atoms with Gasteiger partial charge in [-0.3, -0.25) is 4.79 Å². The average molecular weight is 275 g/mol. The van der Waals surface area contributed by atoms with E-state index in [-0.39, 0.29) is 11.8 Å². The zero-order valence-electron chi connectivity index (χ0n) is 12.0. The van der Waals surface area contributed by atoms with Gasteiger partial charge in [0.1, 0.15) is 11.6 Å². The van der Waals surface area contributed by atoms with Crippen molar-refractivity contribution >= 4 is 11.8 Å². The molecule has 1 aliphatic heterocycles. The Bertz CT molecular complexity index is 532. The number of carboxylic acid groups (broad SMARTS) is 1. The summed E-state index contributed by atoms with van der Waals surface area (Å²) in [5, 5.41) is 9.62. The quantitative estimate of drug-likeness (QED) is 0.916. The number of nitrogens with zero attached hydrogens (tertiary/aromatic N) is 3. The Morgan fingerprint density at radius 1 is 1.55 bits per heavy atom. The van der Waals surface area contributed by atoms with E-state index in [1.165, 1.54) is 0 Å². The Morgan fingerprint density at radius 3 is 3.00 bits per heavy atom. The van der Waals surface area contributed by atoms with Crippen LogP contribution in [0.4, 0.5) is 5.82 Å². The molecule has 2 heterocycles. The van der Waals surface area contributed by atoms with Gasteiger partial charge < -0.3 is 10.0 Å². The van der Waals surface area contributed by atoms with Crippen LogP contribution in [-0.4, -0.2) is 34.1 Å². The molecule has 1 aliphatic carbocycles. The lowest BCUT2D eigenvalue weighted by Crippen LogP contribution is -2.35. The third kappa shape index (κ3) is 1.96. The lowest BCUT2D eigenvalue weighted by atomic mass is 9.81. The fraction of sp³-hybridized carbons (Fsp3) is 0.667. The van der Waals surface area contributed by atoms with Crippen molar-refractivity contribution in [2.75, 3.05) is 18.0 Å². The minimum Gasteiger partial charge on any atom is -0.481 e. The summed E-state index contributed by atoms with van der Waals surface area (Å²) in [6, 6.07) is 1.89. The molecular formula is C15H21N3O2. The van der Waals surface area contributed by atoms with Gasteiger partial charge in [0.15, 0.2) is 0 Å². The standard InChI is InChI=1S/C15H21N3O2/c1-10(2)13-16-7-5-12(17-13)18-8-11-4-3-6-15(11,9-18)14(19)20/h5,7,10-11H,3-4,6,8-9H2,1-2H3,(H,19,20)/t11-,15+/m0/s1. The molecule has 1 saturated carbocycles. The van der Waals surface area contributed by atoms with Crippen molar-refractivity contribution in [3.05, 3.63) is 18.1 Å². The lowest BCUT2D eigenvalue weighted by molar-refractivity contribution is -0.149. The highest BCUT2D eigenvalue weighted by Crippen LogP contribution is 2.49. The van der Waals surface area contributed by atoms with E-state index >= 15 is 0 Å². The molecule has 2 atom stereocenters. The van der Waals surface area contributed by atoms with Crippen molar-refractivity contribution in [1.82, 2.24) is 9.97 Å². The first-order valence-electron chi connectivity index (χ1n) is 7.34. The van der Waals surface area contributed by atoms with Crippen molar-refractivity contribution in [2.24, 2.45) is 11.3 Å². The molecule has 0 aromatic carbocycles. The predicted molar refractivity (Wildman–Crippen MR) is 75.7 cm³/mol. The van der Waals surface area contributed by atoms with Crippen LogP contribution in [0.2, 0.25) is 0 Å². The number of fused-ring (bicyclic) bond motifs is 1. The van der Waals surface area contributed by atoms with Crippen LogP contribution in [0.25, 0.3) is 0 Å². The van der Waals surface area contributed by atoms with Crippen molar-refractivity contribution in [3.63, 3.8) is 0 Å². The van der Waals surface area contributed by atoms with E-state index in [1.807, 2.05) is 6.07 Å².